The average molecular weight is 549 g/mol. The molecule has 0 unspecified atom stereocenters. The van der Waals surface area contributed by atoms with Gasteiger partial charge in [-0.25, -0.2) is 13.1 Å². The standard InChI is InChI=1S/C30H32N2O6S/c1-16(2)39(36,37)31-29(33)27-22-15-32-23(25-19(26(22)27)10-7-11-20(25)30(34)35)14-21-24(38-3)13-12-18(28(21)32)17-8-5-4-6-9-17/h7,10,12-14,17,20,25H,1,4-6,8-9,11,15H2,2-3H3,(H,31,33)(H,34,35)/t20-,25-/m1/s1. The number of hydrogen-bond donors (Lipinski definition) is 2. The number of benzene rings is 1. The van der Waals surface area contributed by atoms with Crippen molar-refractivity contribution in [2.24, 2.45) is 5.92 Å². The molecule has 1 fully saturated rings. The van der Waals surface area contributed by atoms with Gasteiger partial charge in [0.15, 0.2) is 0 Å². The summed E-state index contributed by atoms with van der Waals surface area (Å²) in [5.41, 5.74) is 5.62. The molecule has 1 aromatic heterocycles. The minimum atomic E-state index is -4.01. The quantitative estimate of drug-likeness (QED) is 0.523. The lowest BCUT2D eigenvalue weighted by Crippen LogP contribution is -2.30. The largest absolute Gasteiger partial charge is 0.496 e. The van der Waals surface area contributed by atoms with Crippen molar-refractivity contribution in [2.75, 3.05) is 7.11 Å². The molecule has 0 saturated heterocycles. The number of carbonyl (C=O) groups excluding carboxylic acids is 1. The Labute approximate surface area is 227 Å². The fourth-order valence-corrected chi connectivity index (χ4v) is 7.29. The van der Waals surface area contributed by atoms with Crippen LogP contribution >= 0.6 is 0 Å². The maximum Gasteiger partial charge on any atom is 0.307 e. The first-order chi connectivity index (χ1) is 18.6. The molecule has 1 aliphatic heterocycles. The minimum absolute atomic E-state index is 0.149. The fourth-order valence-electron chi connectivity index (χ4n) is 6.77. The Morgan fingerprint density at radius 2 is 1.92 bits per heavy atom. The van der Waals surface area contributed by atoms with Gasteiger partial charge in [-0.3, -0.25) is 9.59 Å². The molecule has 204 valence electrons. The molecule has 0 spiro atoms. The van der Waals surface area contributed by atoms with Crippen LogP contribution in [0.15, 0.2) is 64.1 Å². The van der Waals surface area contributed by atoms with Crippen molar-refractivity contribution in [2.45, 2.75) is 63.8 Å². The van der Waals surface area contributed by atoms with E-state index in [1.54, 1.807) is 7.11 Å². The lowest BCUT2D eigenvalue weighted by atomic mass is 9.76. The summed E-state index contributed by atoms with van der Waals surface area (Å²) in [5, 5.41) is 11.2. The smallest absolute Gasteiger partial charge is 0.307 e. The maximum absolute atomic E-state index is 13.2. The Morgan fingerprint density at radius 1 is 1.18 bits per heavy atom. The lowest BCUT2D eigenvalue weighted by molar-refractivity contribution is -0.142. The Kier molecular flexibility index (Phi) is 6.10. The van der Waals surface area contributed by atoms with Gasteiger partial charge in [0.2, 0.25) is 0 Å². The molecule has 9 heteroatoms. The molecule has 39 heavy (non-hydrogen) atoms. The monoisotopic (exact) mass is 548 g/mol. The van der Waals surface area contributed by atoms with Crippen LogP contribution in [0.5, 0.6) is 5.75 Å². The van der Waals surface area contributed by atoms with Gasteiger partial charge >= 0.3 is 5.97 Å². The average Bonchev–Trinajstić information content (AvgIpc) is 3.54. The molecule has 0 bridgehead atoms. The van der Waals surface area contributed by atoms with E-state index in [0.717, 1.165) is 46.3 Å². The molecular weight excluding hydrogens is 516 g/mol. The van der Waals surface area contributed by atoms with E-state index in [1.165, 1.54) is 31.7 Å². The zero-order chi connectivity index (χ0) is 27.6. The summed E-state index contributed by atoms with van der Waals surface area (Å²) in [6.07, 6.45) is 9.86. The number of allylic oxidation sites excluding steroid dienone is 5. The highest BCUT2D eigenvalue weighted by Crippen LogP contribution is 2.55. The summed E-state index contributed by atoms with van der Waals surface area (Å²) in [4.78, 5) is 25.6. The Morgan fingerprint density at radius 3 is 2.59 bits per heavy atom. The Balaban J connectivity index is 1.57. The van der Waals surface area contributed by atoms with E-state index < -0.39 is 33.7 Å². The second-order valence-electron chi connectivity index (χ2n) is 11.0. The number of rotatable bonds is 6. The first kappa shape index (κ1) is 25.7. The molecule has 2 atom stereocenters. The van der Waals surface area contributed by atoms with Gasteiger partial charge in [-0.15, -0.1) is 0 Å². The van der Waals surface area contributed by atoms with Crippen molar-refractivity contribution in [1.82, 2.24) is 9.29 Å². The molecule has 8 nitrogen and oxygen atoms in total. The van der Waals surface area contributed by atoms with Crippen LogP contribution in [0.2, 0.25) is 0 Å². The zero-order valence-corrected chi connectivity index (χ0v) is 22.9. The third-order valence-electron chi connectivity index (χ3n) is 8.72. The number of ether oxygens (including phenoxy) is 1. The van der Waals surface area contributed by atoms with Crippen molar-refractivity contribution < 1.29 is 27.9 Å². The number of aliphatic carboxylic acids is 1. The van der Waals surface area contributed by atoms with E-state index in [9.17, 15) is 23.1 Å². The van der Waals surface area contributed by atoms with Crippen LogP contribution in [-0.2, 0) is 26.2 Å². The molecule has 0 radical (unpaired) electrons. The third-order valence-corrected chi connectivity index (χ3v) is 10.1. The van der Waals surface area contributed by atoms with Gasteiger partial charge in [0.1, 0.15) is 5.75 Å². The molecule has 1 amide bonds. The van der Waals surface area contributed by atoms with E-state index in [-0.39, 0.29) is 4.91 Å². The fraction of sp³-hybridized carbons (Fsp3) is 0.400. The van der Waals surface area contributed by atoms with Gasteiger partial charge in [0.05, 0.1) is 29.0 Å². The molecule has 2 heterocycles. The highest BCUT2D eigenvalue weighted by Gasteiger charge is 2.47. The van der Waals surface area contributed by atoms with Crippen LogP contribution < -0.4 is 9.46 Å². The van der Waals surface area contributed by atoms with E-state index >= 15 is 0 Å². The number of aromatic nitrogens is 1. The molecule has 4 aliphatic rings. The Bertz CT molecular complexity index is 1650. The highest BCUT2D eigenvalue weighted by molar-refractivity contribution is 7.93. The first-order valence-electron chi connectivity index (χ1n) is 13.4. The number of sulfonamides is 1. The Hall–Kier alpha value is -3.59. The normalized spacial score (nSPS) is 22.6. The van der Waals surface area contributed by atoms with Crippen LogP contribution in [0, 0.1) is 5.92 Å². The summed E-state index contributed by atoms with van der Waals surface area (Å²) in [6, 6.07) is 6.20. The van der Waals surface area contributed by atoms with Crippen LogP contribution in [0.3, 0.4) is 0 Å². The van der Waals surface area contributed by atoms with Crippen LogP contribution in [-0.4, -0.2) is 37.1 Å². The summed E-state index contributed by atoms with van der Waals surface area (Å²) in [6.45, 7) is 5.15. The van der Waals surface area contributed by atoms with Gasteiger partial charge < -0.3 is 14.4 Å². The number of carboxylic acids is 1. The van der Waals surface area contributed by atoms with E-state index in [1.807, 2.05) is 18.2 Å². The lowest BCUT2D eigenvalue weighted by Gasteiger charge is -2.29. The van der Waals surface area contributed by atoms with Crippen molar-refractivity contribution in [3.63, 3.8) is 0 Å². The number of hydrogen-bond acceptors (Lipinski definition) is 5. The van der Waals surface area contributed by atoms with E-state index in [2.05, 4.69) is 28.0 Å². The van der Waals surface area contributed by atoms with Gasteiger partial charge in [-0.2, -0.15) is 0 Å². The molecule has 6 rings (SSSR count). The summed E-state index contributed by atoms with van der Waals surface area (Å²) >= 11 is 0. The van der Waals surface area contributed by atoms with Crippen LogP contribution in [0.4, 0.5) is 0 Å². The second kappa shape index (κ2) is 9.26. The topological polar surface area (TPSA) is 115 Å². The predicted molar refractivity (Wildman–Crippen MR) is 148 cm³/mol. The summed E-state index contributed by atoms with van der Waals surface area (Å²) in [7, 11) is -2.37. The number of carboxylic acid groups (broad SMARTS) is 1. The van der Waals surface area contributed by atoms with Gasteiger partial charge in [0.25, 0.3) is 15.9 Å². The number of fused-ring (bicyclic) bond motifs is 6. The van der Waals surface area contributed by atoms with Gasteiger partial charge in [-0.1, -0.05) is 44.1 Å². The zero-order valence-electron chi connectivity index (χ0n) is 22.1. The number of nitrogens with one attached hydrogen (secondary N) is 1. The predicted octanol–water partition coefficient (Wildman–Crippen LogP) is 5.04. The van der Waals surface area contributed by atoms with Gasteiger partial charge in [-0.05, 0) is 66.5 Å². The van der Waals surface area contributed by atoms with Crippen molar-refractivity contribution in [1.29, 1.82) is 0 Å². The maximum atomic E-state index is 13.2. The number of methoxy groups -OCH3 is 1. The van der Waals surface area contributed by atoms with E-state index in [0.29, 0.717) is 30.0 Å². The van der Waals surface area contributed by atoms with Gasteiger partial charge in [0, 0.05) is 23.5 Å². The van der Waals surface area contributed by atoms with Crippen molar-refractivity contribution in [3.05, 3.63) is 75.4 Å². The second-order valence-corrected chi connectivity index (χ2v) is 12.9. The van der Waals surface area contributed by atoms with Crippen molar-refractivity contribution >= 4 is 32.8 Å². The minimum Gasteiger partial charge on any atom is -0.496 e. The molecule has 1 aromatic carbocycles. The molecule has 2 N–H and O–H groups in total. The molecule has 2 aromatic rings. The van der Waals surface area contributed by atoms with Crippen LogP contribution in [0.25, 0.3) is 10.9 Å². The SMILES string of the molecule is C=C(C)S(=O)(=O)NC(=O)C1=C2Cn3c(cc4c(OC)ccc(C5CCCCC5)c43)[C@@H]3C(=C21)C=CC[C@H]3C(=O)O. The number of amides is 1. The highest BCUT2D eigenvalue weighted by atomic mass is 32.2. The molecular formula is C30H32N2O6S. The van der Waals surface area contributed by atoms with Crippen molar-refractivity contribution in [3.8, 4) is 5.75 Å². The van der Waals surface area contributed by atoms with E-state index in [4.69, 9.17) is 4.74 Å². The molecule has 3 aliphatic carbocycles. The summed E-state index contributed by atoms with van der Waals surface area (Å²) in [5.74, 6) is -1.69. The third kappa shape index (κ3) is 4.06. The number of nitrogens with zero attached hydrogens (tertiary/aromatic N) is 1. The van der Waals surface area contributed by atoms with Crippen LogP contribution in [0.1, 0.15) is 68.5 Å². The number of carbonyl (C=O) groups is 2. The molecule has 1 saturated carbocycles. The first-order valence-corrected chi connectivity index (χ1v) is 14.9. The summed E-state index contributed by atoms with van der Waals surface area (Å²) < 4.78 is 34.9.